The van der Waals surface area contributed by atoms with Crippen molar-refractivity contribution in [3.63, 3.8) is 0 Å². The lowest BCUT2D eigenvalue weighted by Crippen LogP contribution is -2.43. The number of carbonyl (C=O) groups is 1. The molecule has 0 saturated heterocycles. The summed E-state index contributed by atoms with van der Waals surface area (Å²) in [5.74, 6) is 0.257. The van der Waals surface area contributed by atoms with Crippen molar-refractivity contribution < 1.29 is 4.79 Å². The second-order valence-corrected chi connectivity index (χ2v) is 5.43. The van der Waals surface area contributed by atoms with Crippen LogP contribution in [0.1, 0.15) is 39.2 Å². The van der Waals surface area contributed by atoms with Crippen molar-refractivity contribution in [3.05, 3.63) is 29.8 Å². The number of fused-ring (bicyclic) bond motifs is 1. The average molecular weight is 231 g/mol. The Morgan fingerprint density at radius 2 is 2.06 bits per heavy atom. The Morgan fingerprint density at radius 1 is 1.35 bits per heavy atom. The molecule has 0 bridgehead atoms. The van der Waals surface area contributed by atoms with E-state index in [0.717, 1.165) is 31.5 Å². The quantitative estimate of drug-likeness (QED) is 0.764. The van der Waals surface area contributed by atoms with Crippen LogP contribution < -0.4 is 4.90 Å². The lowest BCUT2D eigenvalue weighted by Gasteiger charge is -2.35. The van der Waals surface area contributed by atoms with Gasteiger partial charge in [-0.2, -0.15) is 0 Å². The maximum atomic E-state index is 12.5. The van der Waals surface area contributed by atoms with Gasteiger partial charge >= 0.3 is 0 Å². The van der Waals surface area contributed by atoms with E-state index in [0.29, 0.717) is 0 Å². The molecule has 1 aromatic carbocycles. The smallest absolute Gasteiger partial charge is 0.232 e. The van der Waals surface area contributed by atoms with Crippen LogP contribution in [0.2, 0.25) is 0 Å². The van der Waals surface area contributed by atoms with Crippen molar-refractivity contribution in [3.8, 4) is 0 Å². The van der Waals surface area contributed by atoms with Gasteiger partial charge in [0.2, 0.25) is 5.91 Å². The molecule has 2 heteroatoms. The number of para-hydroxylation sites is 1. The van der Waals surface area contributed by atoms with E-state index >= 15 is 0 Å². The Hall–Kier alpha value is -1.31. The van der Waals surface area contributed by atoms with Crippen LogP contribution >= 0.6 is 0 Å². The summed E-state index contributed by atoms with van der Waals surface area (Å²) in [6.45, 7) is 7.01. The zero-order chi connectivity index (χ0) is 12.5. The molecule has 1 aliphatic heterocycles. The number of anilines is 1. The highest BCUT2D eigenvalue weighted by molar-refractivity contribution is 5.98. The van der Waals surface area contributed by atoms with Gasteiger partial charge < -0.3 is 4.90 Å². The zero-order valence-electron chi connectivity index (χ0n) is 11.0. The van der Waals surface area contributed by atoms with E-state index in [2.05, 4.69) is 25.1 Å². The molecule has 2 rings (SSSR count). The summed E-state index contributed by atoms with van der Waals surface area (Å²) >= 11 is 0. The molecule has 0 radical (unpaired) electrons. The van der Waals surface area contributed by atoms with Crippen LogP contribution in [0.5, 0.6) is 0 Å². The molecule has 0 unspecified atom stereocenters. The van der Waals surface area contributed by atoms with Gasteiger partial charge in [-0.3, -0.25) is 4.79 Å². The highest BCUT2D eigenvalue weighted by atomic mass is 16.2. The van der Waals surface area contributed by atoms with Crippen LogP contribution in [-0.4, -0.2) is 12.5 Å². The summed E-state index contributed by atoms with van der Waals surface area (Å²) in [6.07, 6.45) is 3.04. The Bertz CT molecular complexity index is 423. The SMILES string of the molecule is CCC(C)(C)C(=O)N1CCCc2ccccc21. The van der Waals surface area contributed by atoms with Crippen molar-refractivity contribution >= 4 is 11.6 Å². The lowest BCUT2D eigenvalue weighted by molar-refractivity contribution is -0.126. The van der Waals surface area contributed by atoms with Gasteiger partial charge in [0.1, 0.15) is 0 Å². The van der Waals surface area contributed by atoms with E-state index in [4.69, 9.17) is 0 Å². The lowest BCUT2D eigenvalue weighted by atomic mass is 9.87. The molecular formula is C15H21NO. The van der Waals surface area contributed by atoms with E-state index in [1.54, 1.807) is 0 Å². The number of nitrogens with zero attached hydrogens (tertiary/aromatic N) is 1. The van der Waals surface area contributed by atoms with Gasteiger partial charge in [-0.25, -0.2) is 0 Å². The van der Waals surface area contributed by atoms with E-state index in [9.17, 15) is 4.79 Å². The van der Waals surface area contributed by atoms with Gasteiger partial charge in [-0.1, -0.05) is 39.0 Å². The topological polar surface area (TPSA) is 20.3 Å². The first-order chi connectivity index (χ1) is 8.06. The maximum Gasteiger partial charge on any atom is 0.232 e. The molecule has 2 nitrogen and oxygen atoms in total. The molecule has 0 saturated carbocycles. The molecule has 1 amide bonds. The molecule has 0 fully saturated rings. The molecule has 0 aromatic heterocycles. The molecule has 1 heterocycles. The minimum absolute atomic E-state index is 0.257. The first-order valence-corrected chi connectivity index (χ1v) is 6.46. The molecule has 0 spiro atoms. The zero-order valence-corrected chi connectivity index (χ0v) is 11.0. The van der Waals surface area contributed by atoms with Crippen LogP contribution in [0, 0.1) is 5.41 Å². The van der Waals surface area contributed by atoms with Gasteiger partial charge in [0, 0.05) is 17.6 Å². The fraction of sp³-hybridized carbons (Fsp3) is 0.533. The van der Waals surface area contributed by atoms with E-state index in [1.807, 2.05) is 24.8 Å². The van der Waals surface area contributed by atoms with Crippen molar-refractivity contribution in [1.82, 2.24) is 0 Å². The largest absolute Gasteiger partial charge is 0.312 e. The second kappa shape index (κ2) is 4.52. The Labute approximate surface area is 104 Å². The Balaban J connectivity index is 2.33. The molecular weight excluding hydrogens is 210 g/mol. The monoisotopic (exact) mass is 231 g/mol. The van der Waals surface area contributed by atoms with Crippen LogP contribution in [0.4, 0.5) is 5.69 Å². The number of amides is 1. The first kappa shape index (κ1) is 12.2. The van der Waals surface area contributed by atoms with Gasteiger partial charge in [0.25, 0.3) is 0 Å². The standard InChI is InChI=1S/C15H21NO/c1-4-15(2,3)14(17)16-11-7-9-12-8-5-6-10-13(12)16/h5-6,8,10H,4,7,9,11H2,1-3H3. The van der Waals surface area contributed by atoms with Crippen molar-refractivity contribution in [1.29, 1.82) is 0 Å². The van der Waals surface area contributed by atoms with Crippen LogP contribution in [-0.2, 0) is 11.2 Å². The molecule has 1 aromatic rings. The second-order valence-electron chi connectivity index (χ2n) is 5.43. The summed E-state index contributed by atoms with van der Waals surface area (Å²) in [5.41, 5.74) is 2.16. The number of benzene rings is 1. The van der Waals surface area contributed by atoms with Gasteiger partial charge in [0.05, 0.1) is 0 Å². The number of hydrogen-bond acceptors (Lipinski definition) is 1. The van der Waals surface area contributed by atoms with Crippen molar-refractivity contribution in [2.45, 2.75) is 40.0 Å². The first-order valence-electron chi connectivity index (χ1n) is 6.46. The summed E-state index contributed by atoms with van der Waals surface area (Å²) in [4.78, 5) is 14.5. The molecule has 1 aliphatic rings. The predicted molar refractivity (Wildman–Crippen MR) is 71.2 cm³/mol. The maximum absolute atomic E-state index is 12.5. The molecule has 0 N–H and O–H groups in total. The third-order valence-corrected chi connectivity index (χ3v) is 3.82. The van der Waals surface area contributed by atoms with Crippen molar-refractivity contribution in [2.75, 3.05) is 11.4 Å². The summed E-state index contributed by atoms with van der Waals surface area (Å²) < 4.78 is 0. The average Bonchev–Trinajstić information content (AvgIpc) is 2.37. The van der Waals surface area contributed by atoms with Gasteiger partial charge in [-0.15, -0.1) is 0 Å². The number of carbonyl (C=O) groups excluding carboxylic acids is 1. The normalized spacial score (nSPS) is 15.6. The minimum atomic E-state index is -0.259. The highest BCUT2D eigenvalue weighted by Crippen LogP contribution is 2.32. The summed E-state index contributed by atoms with van der Waals surface area (Å²) in [6, 6.07) is 8.27. The highest BCUT2D eigenvalue weighted by Gasteiger charge is 2.32. The fourth-order valence-electron chi connectivity index (χ4n) is 2.26. The molecule has 0 aliphatic carbocycles. The van der Waals surface area contributed by atoms with Gasteiger partial charge in [0.15, 0.2) is 0 Å². The van der Waals surface area contributed by atoms with E-state index < -0.39 is 0 Å². The predicted octanol–water partition coefficient (Wildman–Crippen LogP) is 3.40. The summed E-state index contributed by atoms with van der Waals surface area (Å²) in [7, 11) is 0. The van der Waals surface area contributed by atoms with Crippen LogP contribution in [0.3, 0.4) is 0 Å². The van der Waals surface area contributed by atoms with E-state index in [1.165, 1.54) is 5.56 Å². The third-order valence-electron chi connectivity index (χ3n) is 3.82. The van der Waals surface area contributed by atoms with Crippen molar-refractivity contribution in [2.24, 2.45) is 5.41 Å². The summed E-state index contributed by atoms with van der Waals surface area (Å²) in [5, 5.41) is 0. The van der Waals surface area contributed by atoms with Crippen LogP contribution in [0.25, 0.3) is 0 Å². The number of hydrogen-bond donors (Lipinski definition) is 0. The molecule has 17 heavy (non-hydrogen) atoms. The Morgan fingerprint density at radius 3 is 2.76 bits per heavy atom. The fourth-order valence-corrected chi connectivity index (χ4v) is 2.26. The number of aryl methyl sites for hydroxylation is 1. The van der Waals surface area contributed by atoms with Gasteiger partial charge in [-0.05, 0) is 30.9 Å². The Kier molecular flexibility index (Phi) is 3.23. The number of rotatable bonds is 2. The van der Waals surface area contributed by atoms with Crippen LogP contribution in [0.15, 0.2) is 24.3 Å². The molecule has 0 atom stereocenters. The minimum Gasteiger partial charge on any atom is -0.312 e. The molecule has 92 valence electrons. The van der Waals surface area contributed by atoms with E-state index in [-0.39, 0.29) is 11.3 Å². The third kappa shape index (κ3) is 2.21.